The van der Waals surface area contributed by atoms with Crippen LogP contribution in [0.3, 0.4) is 0 Å². The summed E-state index contributed by atoms with van der Waals surface area (Å²) in [5, 5.41) is 10.2. The van der Waals surface area contributed by atoms with E-state index >= 15 is 0 Å². The Morgan fingerprint density at radius 3 is 2.79 bits per heavy atom. The molecular weight excluding hydrogens is 174 g/mol. The van der Waals surface area contributed by atoms with E-state index in [1.54, 1.807) is 0 Å². The van der Waals surface area contributed by atoms with Crippen molar-refractivity contribution in [2.75, 3.05) is 19.6 Å². The lowest BCUT2D eigenvalue weighted by Gasteiger charge is -2.25. The second-order valence-electron chi connectivity index (χ2n) is 3.58. The van der Waals surface area contributed by atoms with Crippen LogP contribution in [-0.4, -0.2) is 25.8 Å². The molecule has 2 rings (SSSR count). The Balaban J connectivity index is 1.76. The van der Waals surface area contributed by atoms with Gasteiger partial charge in [0.15, 0.2) is 0 Å². The SMILES string of the molecule is c1ccc(CNC2CNCCN2)cc1. The molecule has 3 heteroatoms. The molecule has 1 saturated heterocycles. The average Bonchev–Trinajstić information content (AvgIpc) is 2.29. The van der Waals surface area contributed by atoms with Crippen molar-refractivity contribution in [3.8, 4) is 0 Å². The summed E-state index contributed by atoms with van der Waals surface area (Å²) in [6.45, 7) is 4.06. The monoisotopic (exact) mass is 191 g/mol. The first-order chi connectivity index (χ1) is 6.95. The third-order valence-electron chi connectivity index (χ3n) is 2.44. The number of piperazine rings is 1. The summed E-state index contributed by atoms with van der Waals surface area (Å²) in [5.74, 6) is 0. The fourth-order valence-electron chi connectivity index (χ4n) is 1.63. The highest BCUT2D eigenvalue weighted by Gasteiger charge is 2.09. The molecular formula is C11H17N3. The summed E-state index contributed by atoms with van der Waals surface area (Å²) in [7, 11) is 0. The number of hydrogen-bond donors (Lipinski definition) is 3. The predicted octanol–water partition coefficient (Wildman–Crippen LogP) is 0.295. The Labute approximate surface area is 84.9 Å². The van der Waals surface area contributed by atoms with Crippen molar-refractivity contribution < 1.29 is 0 Å². The second kappa shape index (κ2) is 5.10. The molecule has 0 amide bonds. The average molecular weight is 191 g/mol. The lowest BCUT2D eigenvalue weighted by atomic mass is 10.2. The van der Waals surface area contributed by atoms with E-state index in [-0.39, 0.29) is 0 Å². The number of nitrogens with one attached hydrogen (secondary N) is 3. The van der Waals surface area contributed by atoms with Gasteiger partial charge < -0.3 is 5.32 Å². The maximum absolute atomic E-state index is 3.46. The van der Waals surface area contributed by atoms with Crippen LogP contribution in [0.25, 0.3) is 0 Å². The van der Waals surface area contributed by atoms with Gasteiger partial charge in [-0.1, -0.05) is 30.3 Å². The van der Waals surface area contributed by atoms with Gasteiger partial charge in [-0.05, 0) is 5.56 Å². The molecule has 0 spiro atoms. The smallest absolute Gasteiger partial charge is 0.0703 e. The van der Waals surface area contributed by atoms with E-state index in [1.165, 1.54) is 5.56 Å². The first kappa shape index (κ1) is 9.65. The van der Waals surface area contributed by atoms with E-state index in [9.17, 15) is 0 Å². The second-order valence-corrected chi connectivity index (χ2v) is 3.58. The van der Waals surface area contributed by atoms with Crippen molar-refractivity contribution in [3.63, 3.8) is 0 Å². The molecule has 1 aliphatic heterocycles. The molecule has 1 aliphatic rings. The Morgan fingerprint density at radius 1 is 1.21 bits per heavy atom. The van der Waals surface area contributed by atoms with Gasteiger partial charge in [0.25, 0.3) is 0 Å². The highest BCUT2D eigenvalue weighted by molar-refractivity contribution is 5.14. The highest BCUT2D eigenvalue weighted by Crippen LogP contribution is 1.97. The Bertz CT molecular complexity index is 254. The van der Waals surface area contributed by atoms with Gasteiger partial charge in [0.1, 0.15) is 0 Å². The van der Waals surface area contributed by atoms with Crippen LogP contribution in [0.15, 0.2) is 30.3 Å². The zero-order chi connectivity index (χ0) is 9.64. The minimum atomic E-state index is 0.406. The maximum Gasteiger partial charge on any atom is 0.0703 e. The lowest BCUT2D eigenvalue weighted by molar-refractivity contribution is 0.359. The summed E-state index contributed by atoms with van der Waals surface area (Å²) in [4.78, 5) is 0. The standard InChI is InChI=1S/C11H17N3/c1-2-4-10(5-3-1)8-14-11-9-12-6-7-13-11/h1-5,11-14H,6-9H2. The van der Waals surface area contributed by atoms with Crippen LogP contribution in [0.1, 0.15) is 5.56 Å². The Kier molecular flexibility index (Phi) is 3.51. The van der Waals surface area contributed by atoms with Crippen molar-refractivity contribution in [2.45, 2.75) is 12.7 Å². The van der Waals surface area contributed by atoms with Gasteiger partial charge in [0, 0.05) is 26.2 Å². The maximum atomic E-state index is 3.46. The predicted molar refractivity (Wildman–Crippen MR) is 57.9 cm³/mol. The van der Waals surface area contributed by atoms with E-state index in [0.717, 1.165) is 26.2 Å². The molecule has 0 aliphatic carbocycles. The summed E-state index contributed by atoms with van der Waals surface area (Å²) < 4.78 is 0. The third-order valence-corrected chi connectivity index (χ3v) is 2.44. The zero-order valence-electron chi connectivity index (χ0n) is 8.29. The summed E-state index contributed by atoms with van der Waals surface area (Å²) >= 11 is 0. The number of rotatable bonds is 3. The molecule has 3 nitrogen and oxygen atoms in total. The molecule has 1 unspecified atom stereocenters. The van der Waals surface area contributed by atoms with E-state index in [0.29, 0.717) is 6.17 Å². The van der Waals surface area contributed by atoms with Crippen LogP contribution in [-0.2, 0) is 6.54 Å². The summed E-state index contributed by atoms with van der Waals surface area (Å²) in [5.41, 5.74) is 1.33. The molecule has 1 aromatic carbocycles. The van der Waals surface area contributed by atoms with Crippen molar-refractivity contribution in [2.24, 2.45) is 0 Å². The van der Waals surface area contributed by atoms with E-state index in [2.05, 4.69) is 40.2 Å². The normalized spacial score (nSPS) is 22.1. The Morgan fingerprint density at radius 2 is 2.07 bits per heavy atom. The van der Waals surface area contributed by atoms with Gasteiger partial charge in [0.2, 0.25) is 0 Å². The van der Waals surface area contributed by atoms with E-state index < -0.39 is 0 Å². The van der Waals surface area contributed by atoms with Gasteiger partial charge in [-0.2, -0.15) is 0 Å². The molecule has 1 aromatic rings. The van der Waals surface area contributed by atoms with Crippen molar-refractivity contribution in [3.05, 3.63) is 35.9 Å². The van der Waals surface area contributed by atoms with Crippen molar-refractivity contribution in [1.29, 1.82) is 0 Å². The molecule has 0 bridgehead atoms. The third kappa shape index (κ3) is 2.80. The van der Waals surface area contributed by atoms with Crippen LogP contribution in [0, 0.1) is 0 Å². The zero-order valence-corrected chi connectivity index (χ0v) is 8.29. The fraction of sp³-hybridized carbons (Fsp3) is 0.455. The van der Waals surface area contributed by atoms with Crippen LogP contribution >= 0.6 is 0 Å². The van der Waals surface area contributed by atoms with Crippen molar-refractivity contribution >= 4 is 0 Å². The summed E-state index contributed by atoms with van der Waals surface area (Å²) in [6.07, 6.45) is 0.406. The summed E-state index contributed by atoms with van der Waals surface area (Å²) in [6, 6.07) is 10.5. The highest BCUT2D eigenvalue weighted by atomic mass is 15.2. The first-order valence-corrected chi connectivity index (χ1v) is 5.16. The van der Waals surface area contributed by atoms with E-state index in [4.69, 9.17) is 0 Å². The lowest BCUT2D eigenvalue weighted by Crippen LogP contribution is -2.55. The number of benzene rings is 1. The fourth-order valence-corrected chi connectivity index (χ4v) is 1.63. The molecule has 0 saturated carbocycles. The van der Waals surface area contributed by atoms with Crippen LogP contribution in [0.4, 0.5) is 0 Å². The topological polar surface area (TPSA) is 36.1 Å². The van der Waals surface area contributed by atoms with Gasteiger partial charge in [-0.25, -0.2) is 0 Å². The van der Waals surface area contributed by atoms with Gasteiger partial charge >= 0.3 is 0 Å². The minimum absolute atomic E-state index is 0.406. The van der Waals surface area contributed by atoms with Gasteiger partial charge in [-0.15, -0.1) is 0 Å². The Hall–Kier alpha value is -0.900. The van der Waals surface area contributed by atoms with E-state index in [1.807, 2.05) is 6.07 Å². The van der Waals surface area contributed by atoms with Crippen LogP contribution in [0.5, 0.6) is 0 Å². The van der Waals surface area contributed by atoms with Crippen LogP contribution in [0.2, 0.25) is 0 Å². The molecule has 76 valence electrons. The quantitative estimate of drug-likeness (QED) is 0.643. The van der Waals surface area contributed by atoms with Gasteiger partial charge in [0.05, 0.1) is 6.17 Å². The number of hydrogen-bond acceptors (Lipinski definition) is 3. The van der Waals surface area contributed by atoms with Crippen molar-refractivity contribution in [1.82, 2.24) is 16.0 Å². The molecule has 0 aromatic heterocycles. The molecule has 1 atom stereocenters. The molecule has 14 heavy (non-hydrogen) atoms. The molecule has 1 fully saturated rings. The molecule has 0 radical (unpaired) electrons. The van der Waals surface area contributed by atoms with Gasteiger partial charge in [-0.3, -0.25) is 10.6 Å². The largest absolute Gasteiger partial charge is 0.313 e. The molecule has 3 N–H and O–H groups in total. The van der Waals surface area contributed by atoms with Crippen LogP contribution < -0.4 is 16.0 Å². The first-order valence-electron chi connectivity index (χ1n) is 5.16. The minimum Gasteiger partial charge on any atom is -0.313 e. The molecule has 1 heterocycles.